The molecule has 7 heteroatoms. The molecular weight excluding hydrogens is 421 g/mol. The lowest BCUT2D eigenvalue weighted by molar-refractivity contribution is -0.0585. The van der Waals surface area contributed by atoms with Crippen LogP contribution in [-0.2, 0) is 4.84 Å². The van der Waals surface area contributed by atoms with Crippen molar-refractivity contribution in [2.75, 3.05) is 0 Å². The highest BCUT2D eigenvalue weighted by Crippen LogP contribution is 2.26. The van der Waals surface area contributed by atoms with E-state index >= 15 is 0 Å². The fourth-order valence-electron chi connectivity index (χ4n) is 2.07. The van der Waals surface area contributed by atoms with E-state index in [0.717, 1.165) is 0 Å². The van der Waals surface area contributed by atoms with Crippen LogP contribution in [0.3, 0.4) is 0 Å². The summed E-state index contributed by atoms with van der Waals surface area (Å²) in [5.74, 6) is -2.20. The van der Waals surface area contributed by atoms with E-state index in [1.807, 2.05) is 22.6 Å². The minimum absolute atomic E-state index is 0.112. The number of nitrogens with zero attached hydrogens (tertiary/aromatic N) is 1. The van der Waals surface area contributed by atoms with Crippen LogP contribution in [0.15, 0.2) is 42.5 Å². The summed E-state index contributed by atoms with van der Waals surface area (Å²) in [7, 11) is 0. The first-order chi connectivity index (χ1) is 10.5. The zero-order valence-corrected chi connectivity index (χ0v) is 13.8. The third-order valence-corrected chi connectivity index (χ3v) is 4.31. The molecule has 110 valence electrons. The van der Waals surface area contributed by atoms with Gasteiger partial charge in [-0.1, -0.05) is 34.9 Å². The van der Waals surface area contributed by atoms with E-state index in [-0.39, 0.29) is 21.7 Å². The van der Waals surface area contributed by atoms with Gasteiger partial charge in [-0.3, -0.25) is 9.59 Å². The van der Waals surface area contributed by atoms with Crippen LogP contribution in [0.5, 0.6) is 0 Å². The van der Waals surface area contributed by atoms with Crippen LogP contribution in [-0.4, -0.2) is 22.8 Å². The van der Waals surface area contributed by atoms with Crippen molar-refractivity contribution in [1.29, 1.82) is 0 Å². The van der Waals surface area contributed by atoms with Crippen LogP contribution in [0.2, 0.25) is 5.02 Å². The van der Waals surface area contributed by atoms with Crippen LogP contribution >= 0.6 is 34.2 Å². The van der Waals surface area contributed by atoms with Crippen molar-refractivity contribution in [1.82, 2.24) is 5.06 Å². The van der Waals surface area contributed by atoms with Crippen molar-refractivity contribution >= 4 is 52.0 Å². The summed E-state index contributed by atoms with van der Waals surface area (Å²) in [6.07, 6.45) is 0. The normalized spacial score (nSPS) is 13.3. The molecule has 0 bridgehead atoms. The maximum Gasteiger partial charge on any atom is 0.366 e. The zero-order valence-electron chi connectivity index (χ0n) is 10.9. The Morgan fingerprint density at radius 2 is 1.59 bits per heavy atom. The standard InChI is InChI=1S/C15H7ClINO4/c16-10-6-3-7-11(17)12(10)15(21)22-18-13(19)8-4-1-2-5-9(8)14(18)20/h1-7H. The topological polar surface area (TPSA) is 63.7 Å². The first-order valence-electron chi connectivity index (χ1n) is 6.15. The van der Waals surface area contributed by atoms with Crippen LogP contribution in [0.1, 0.15) is 31.1 Å². The number of imide groups is 1. The number of hydroxylamine groups is 2. The van der Waals surface area contributed by atoms with E-state index in [2.05, 4.69) is 0 Å². The van der Waals surface area contributed by atoms with Gasteiger partial charge in [0.1, 0.15) is 0 Å². The highest BCUT2D eigenvalue weighted by atomic mass is 127. The van der Waals surface area contributed by atoms with Crippen molar-refractivity contribution < 1.29 is 19.2 Å². The lowest BCUT2D eigenvalue weighted by Crippen LogP contribution is -2.33. The Hall–Kier alpha value is -1.93. The van der Waals surface area contributed by atoms with Gasteiger partial charge in [-0.25, -0.2) is 4.79 Å². The van der Waals surface area contributed by atoms with Gasteiger partial charge in [-0.15, -0.1) is 0 Å². The number of carbonyl (C=O) groups is 3. The molecule has 0 aliphatic carbocycles. The molecule has 2 amide bonds. The van der Waals surface area contributed by atoms with Crippen molar-refractivity contribution in [2.45, 2.75) is 0 Å². The highest BCUT2D eigenvalue weighted by molar-refractivity contribution is 14.1. The molecule has 0 radical (unpaired) electrons. The van der Waals surface area contributed by atoms with E-state index in [4.69, 9.17) is 16.4 Å². The summed E-state index contributed by atoms with van der Waals surface area (Å²) >= 11 is 7.90. The van der Waals surface area contributed by atoms with Gasteiger partial charge in [0.15, 0.2) is 0 Å². The average Bonchev–Trinajstić information content (AvgIpc) is 2.73. The average molecular weight is 428 g/mol. The lowest BCUT2D eigenvalue weighted by atomic mass is 10.1. The van der Waals surface area contributed by atoms with E-state index in [0.29, 0.717) is 8.63 Å². The summed E-state index contributed by atoms with van der Waals surface area (Å²) in [6.45, 7) is 0. The Morgan fingerprint density at radius 1 is 1.00 bits per heavy atom. The van der Waals surface area contributed by atoms with Crippen LogP contribution in [0.4, 0.5) is 0 Å². The van der Waals surface area contributed by atoms with Crippen LogP contribution in [0, 0.1) is 3.57 Å². The van der Waals surface area contributed by atoms with Gasteiger partial charge >= 0.3 is 5.97 Å². The molecule has 0 saturated heterocycles. The van der Waals surface area contributed by atoms with Gasteiger partial charge in [-0.05, 0) is 46.9 Å². The molecule has 22 heavy (non-hydrogen) atoms. The van der Waals surface area contributed by atoms with Gasteiger partial charge in [-0.2, -0.15) is 0 Å². The summed E-state index contributed by atoms with van der Waals surface area (Å²) in [6, 6.07) is 11.2. The molecular formula is C15H7ClINO4. The Kier molecular flexibility index (Phi) is 3.88. The number of halogens is 2. The third kappa shape index (κ3) is 2.38. The predicted octanol–water partition coefficient (Wildman–Crippen LogP) is 3.31. The second-order valence-electron chi connectivity index (χ2n) is 4.43. The van der Waals surface area contributed by atoms with Crippen molar-refractivity contribution in [3.63, 3.8) is 0 Å². The van der Waals surface area contributed by atoms with E-state index in [1.165, 1.54) is 18.2 Å². The van der Waals surface area contributed by atoms with Gasteiger partial charge in [0.2, 0.25) is 0 Å². The van der Waals surface area contributed by atoms with Crippen LogP contribution < -0.4 is 0 Å². The molecule has 0 spiro atoms. The van der Waals surface area contributed by atoms with Gasteiger partial charge in [0, 0.05) is 3.57 Å². The van der Waals surface area contributed by atoms with Crippen molar-refractivity contribution in [3.05, 3.63) is 67.7 Å². The molecule has 0 fully saturated rings. The molecule has 1 aliphatic heterocycles. The Morgan fingerprint density at radius 3 is 2.14 bits per heavy atom. The SMILES string of the molecule is O=C(ON1C(=O)c2ccccc2C1=O)c1c(Cl)cccc1I. The monoisotopic (exact) mass is 427 g/mol. The Bertz CT molecular complexity index is 766. The Labute approximate surface area is 143 Å². The lowest BCUT2D eigenvalue weighted by Gasteiger charge is -2.14. The molecule has 1 aliphatic rings. The number of fused-ring (bicyclic) bond motifs is 1. The quantitative estimate of drug-likeness (QED) is 0.545. The summed E-state index contributed by atoms with van der Waals surface area (Å²) < 4.78 is 0.562. The first-order valence-corrected chi connectivity index (χ1v) is 7.60. The maximum atomic E-state index is 12.2. The number of hydrogen-bond acceptors (Lipinski definition) is 4. The second-order valence-corrected chi connectivity index (χ2v) is 6.00. The number of amides is 2. The molecule has 3 rings (SSSR count). The van der Waals surface area contributed by atoms with Gasteiger partial charge < -0.3 is 4.84 Å². The molecule has 2 aromatic rings. The smallest absolute Gasteiger partial charge is 0.324 e. The molecule has 2 aromatic carbocycles. The second kappa shape index (κ2) is 5.69. The largest absolute Gasteiger partial charge is 0.366 e. The van der Waals surface area contributed by atoms with Crippen molar-refractivity contribution in [3.8, 4) is 0 Å². The molecule has 0 saturated carbocycles. The summed E-state index contributed by atoms with van der Waals surface area (Å²) in [5, 5.41) is 0.653. The molecule has 1 heterocycles. The molecule has 0 atom stereocenters. The van der Waals surface area contributed by atoms with Crippen LogP contribution in [0.25, 0.3) is 0 Å². The first kappa shape index (κ1) is 15.0. The van der Waals surface area contributed by atoms with Gasteiger partial charge in [0.25, 0.3) is 11.8 Å². The molecule has 5 nitrogen and oxygen atoms in total. The van der Waals surface area contributed by atoms with E-state index in [1.54, 1.807) is 24.3 Å². The fraction of sp³-hybridized carbons (Fsp3) is 0. The zero-order chi connectivity index (χ0) is 15.9. The number of hydrogen-bond donors (Lipinski definition) is 0. The fourth-order valence-corrected chi connectivity index (χ4v) is 3.20. The van der Waals surface area contributed by atoms with E-state index < -0.39 is 17.8 Å². The number of rotatable bonds is 2. The molecule has 0 N–H and O–H groups in total. The number of benzene rings is 2. The van der Waals surface area contributed by atoms with E-state index in [9.17, 15) is 14.4 Å². The summed E-state index contributed by atoms with van der Waals surface area (Å²) in [5.41, 5.74) is 0.518. The highest BCUT2D eigenvalue weighted by Gasteiger charge is 2.39. The minimum Gasteiger partial charge on any atom is -0.324 e. The predicted molar refractivity (Wildman–Crippen MR) is 86.5 cm³/mol. The maximum absolute atomic E-state index is 12.2. The number of carbonyl (C=O) groups excluding carboxylic acids is 3. The minimum atomic E-state index is -0.857. The van der Waals surface area contributed by atoms with Gasteiger partial charge in [0.05, 0.1) is 21.7 Å². The Balaban J connectivity index is 1.91. The van der Waals surface area contributed by atoms with Crippen molar-refractivity contribution in [2.24, 2.45) is 0 Å². The third-order valence-electron chi connectivity index (χ3n) is 3.10. The summed E-state index contributed by atoms with van der Waals surface area (Å²) in [4.78, 5) is 41.5. The molecule has 0 aromatic heterocycles. The molecule has 0 unspecified atom stereocenters.